The summed E-state index contributed by atoms with van der Waals surface area (Å²) in [5, 5.41) is 9.29. The molecule has 1 heterocycles. The lowest BCUT2D eigenvalue weighted by atomic mass is 10.2. The third kappa shape index (κ3) is 4.27. The quantitative estimate of drug-likeness (QED) is 0.885. The Morgan fingerprint density at radius 3 is 2.23 bits per heavy atom. The fraction of sp³-hybridized carbons (Fsp3) is 0.200. The molecule has 0 fully saturated rings. The molecular weight excluding hydrogens is 284 g/mol. The van der Waals surface area contributed by atoms with Crippen molar-refractivity contribution in [3.63, 3.8) is 0 Å². The van der Waals surface area contributed by atoms with E-state index in [2.05, 4.69) is 15.7 Å². The zero-order valence-electron chi connectivity index (χ0n) is 12.3. The maximum absolute atomic E-state index is 11.9. The van der Waals surface area contributed by atoms with E-state index >= 15 is 0 Å². The normalized spacial score (nSPS) is 10.1. The monoisotopic (exact) mass is 300 g/mol. The summed E-state index contributed by atoms with van der Waals surface area (Å²) in [4.78, 5) is 34.4. The minimum absolute atomic E-state index is 0.159. The van der Waals surface area contributed by atoms with E-state index in [1.807, 2.05) is 0 Å². The first kappa shape index (κ1) is 15.4. The van der Waals surface area contributed by atoms with Crippen LogP contribution in [0.15, 0.2) is 41.2 Å². The van der Waals surface area contributed by atoms with E-state index < -0.39 is 0 Å². The number of carbonyl (C=O) groups excluding carboxylic acids is 2. The molecule has 0 aliphatic heterocycles. The summed E-state index contributed by atoms with van der Waals surface area (Å²) < 4.78 is 1.11. The smallest absolute Gasteiger partial charge is 0.267 e. The molecule has 2 rings (SSSR count). The van der Waals surface area contributed by atoms with Gasteiger partial charge in [0.25, 0.3) is 5.56 Å². The Labute approximate surface area is 127 Å². The number of aromatic nitrogens is 2. The summed E-state index contributed by atoms with van der Waals surface area (Å²) in [7, 11) is 0. The number of hydrogen-bond acceptors (Lipinski definition) is 4. The molecule has 0 aliphatic rings. The Hall–Kier alpha value is -2.96. The van der Waals surface area contributed by atoms with Gasteiger partial charge in [-0.3, -0.25) is 14.4 Å². The van der Waals surface area contributed by atoms with Crippen LogP contribution in [-0.2, 0) is 16.1 Å². The van der Waals surface area contributed by atoms with Crippen molar-refractivity contribution in [2.75, 3.05) is 10.6 Å². The Morgan fingerprint density at radius 1 is 1.05 bits per heavy atom. The lowest BCUT2D eigenvalue weighted by Crippen LogP contribution is -2.29. The number of amides is 2. The van der Waals surface area contributed by atoms with Crippen molar-refractivity contribution in [1.29, 1.82) is 0 Å². The number of rotatable bonds is 4. The molecule has 0 saturated carbocycles. The molecule has 114 valence electrons. The number of aryl methyl sites for hydroxylation is 1. The number of carbonyl (C=O) groups is 2. The summed E-state index contributed by atoms with van der Waals surface area (Å²) in [5.74, 6) is -0.519. The molecule has 0 aliphatic carbocycles. The van der Waals surface area contributed by atoms with Gasteiger partial charge in [0.2, 0.25) is 11.8 Å². The van der Waals surface area contributed by atoms with Gasteiger partial charge in [-0.1, -0.05) is 0 Å². The van der Waals surface area contributed by atoms with Crippen LogP contribution in [0.5, 0.6) is 0 Å². The fourth-order valence-corrected chi connectivity index (χ4v) is 1.84. The van der Waals surface area contributed by atoms with Crippen molar-refractivity contribution >= 4 is 23.2 Å². The number of anilines is 2. The first-order valence-corrected chi connectivity index (χ1v) is 6.66. The minimum atomic E-state index is -0.354. The fourth-order valence-electron chi connectivity index (χ4n) is 1.84. The van der Waals surface area contributed by atoms with E-state index in [-0.39, 0.29) is 23.9 Å². The largest absolute Gasteiger partial charge is 0.326 e. The highest BCUT2D eigenvalue weighted by Crippen LogP contribution is 2.13. The number of nitrogens with zero attached hydrogens (tertiary/aromatic N) is 2. The van der Waals surface area contributed by atoms with Gasteiger partial charge >= 0.3 is 0 Å². The second-order valence-electron chi connectivity index (χ2n) is 4.78. The molecule has 2 N–H and O–H groups in total. The van der Waals surface area contributed by atoms with Gasteiger partial charge in [0.05, 0.1) is 5.69 Å². The highest BCUT2D eigenvalue weighted by atomic mass is 16.2. The average molecular weight is 300 g/mol. The molecular formula is C15H16N4O3. The zero-order valence-corrected chi connectivity index (χ0v) is 12.3. The summed E-state index contributed by atoms with van der Waals surface area (Å²) in [5.41, 5.74) is 1.54. The third-order valence-electron chi connectivity index (χ3n) is 2.78. The predicted octanol–water partition coefficient (Wildman–Crippen LogP) is 1.15. The predicted molar refractivity (Wildman–Crippen MR) is 82.6 cm³/mol. The highest BCUT2D eigenvalue weighted by molar-refractivity contribution is 5.92. The summed E-state index contributed by atoms with van der Waals surface area (Å²) >= 11 is 0. The van der Waals surface area contributed by atoms with Crippen LogP contribution < -0.4 is 16.2 Å². The van der Waals surface area contributed by atoms with Crippen LogP contribution in [0, 0.1) is 6.92 Å². The Bertz CT molecular complexity index is 750. The summed E-state index contributed by atoms with van der Waals surface area (Å²) in [6.07, 6.45) is 0. The van der Waals surface area contributed by atoms with E-state index in [0.717, 1.165) is 4.68 Å². The van der Waals surface area contributed by atoms with Gasteiger partial charge in [-0.15, -0.1) is 0 Å². The number of hydrogen-bond donors (Lipinski definition) is 2. The molecule has 1 aromatic carbocycles. The molecule has 0 unspecified atom stereocenters. The Balaban J connectivity index is 2.01. The van der Waals surface area contributed by atoms with Crippen molar-refractivity contribution in [1.82, 2.24) is 9.78 Å². The van der Waals surface area contributed by atoms with Crippen LogP contribution in [-0.4, -0.2) is 21.6 Å². The molecule has 0 bridgehead atoms. The van der Waals surface area contributed by atoms with Crippen LogP contribution >= 0.6 is 0 Å². The van der Waals surface area contributed by atoms with Gasteiger partial charge in [-0.25, -0.2) is 4.68 Å². The lowest BCUT2D eigenvalue weighted by Gasteiger charge is -2.08. The van der Waals surface area contributed by atoms with Gasteiger partial charge in [0, 0.05) is 24.4 Å². The lowest BCUT2D eigenvalue weighted by molar-refractivity contribution is -0.117. The maximum atomic E-state index is 11.9. The van der Waals surface area contributed by atoms with Crippen LogP contribution in [0.4, 0.5) is 11.4 Å². The summed E-state index contributed by atoms with van der Waals surface area (Å²) in [6, 6.07) is 9.64. The zero-order chi connectivity index (χ0) is 16.1. The van der Waals surface area contributed by atoms with Crippen molar-refractivity contribution < 1.29 is 9.59 Å². The van der Waals surface area contributed by atoms with Gasteiger partial charge in [0.15, 0.2) is 0 Å². The van der Waals surface area contributed by atoms with Crippen LogP contribution in [0.25, 0.3) is 0 Å². The van der Waals surface area contributed by atoms with Crippen molar-refractivity contribution in [3.8, 4) is 0 Å². The second-order valence-corrected chi connectivity index (χ2v) is 4.78. The summed E-state index contributed by atoms with van der Waals surface area (Å²) in [6.45, 7) is 3.00. The van der Waals surface area contributed by atoms with Crippen LogP contribution in [0.2, 0.25) is 0 Å². The van der Waals surface area contributed by atoms with Gasteiger partial charge in [0.1, 0.15) is 6.54 Å². The van der Waals surface area contributed by atoms with Crippen molar-refractivity contribution in [3.05, 3.63) is 52.4 Å². The topological polar surface area (TPSA) is 93.1 Å². The molecule has 2 amide bonds. The van der Waals surface area contributed by atoms with Crippen LogP contribution in [0.3, 0.4) is 0 Å². The molecule has 1 aromatic heterocycles. The van der Waals surface area contributed by atoms with E-state index in [0.29, 0.717) is 17.1 Å². The minimum Gasteiger partial charge on any atom is -0.326 e. The van der Waals surface area contributed by atoms with Gasteiger partial charge in [-0.2, -0.15) is 5.10 Å². The molecule has 22 heavy (non-hydrogen) atoms. The molecule has 0 spiro atoms. The first-order valence-electron chi connectivity index (χ1n) is 6.66. The average Bonchev–Trinajstić information content (AvgIpc) is 2.44. The molecule has 0 saturated heterocycles. The molecule has 2 aromatic rings. The second kappa shape index (κ2) is 6.66. The molecule has 0 radical (unpaired) electrons. The maximum Gasteiger partial charge on any atom is 0.267 e. The van der Waals surface area contributed by atoms with Gasteiger partial charge in [-0.05, 0) is 37.3 Å². The van der Waals surface area contributed by atoms with E-state index in [4.69, 9.17) is 0 Å². The Morgan fingerprint density at radius 2 is 1.64 bits per heavy atom. The van der Waals surface area contributed by atoms with Crippen LogP contribution in [0.1, 0.15) is 12.6 Å². The number of benzene rings is 1. The van der Waals surface area contributed by atoms with Gasteiger partial charge < -0.3 is 10.6 Å². The molecule has 7 nitrogen and oxygen atoms in total. The standard InChI is InChI=1S/C15H16N4O3/c1-10-3-8-15(22)19(18-10)9-14(21)17-13-6-4-12(5-7-13)16-11(2)20/h3-8H,9H2,1-2H3,(H,16,20)(H,17,21). The van der Waals surface area contributed by atoms with E-state index in [1.165, 1.54) is 13.0 Å². The number of nitrogens with one attached hydrogen (secondary N) is 2. The molecule has 7 heteroatoms. The van der Waals surface area contributed by atoms with E-state index in [1.54, 1.807) is 37.3 Å². The Kier molecular flexibility index (Phi) is 4.67. The van der Waals surface area contributed by atoms with Crippen molar-refractivity contribution in [2.45, 2.75) is 20.4 Å². The first-order chi connectivity index (χ1) is 10.4. The van der Waals surface area contributed by atoms with E-state index in [9.17, 15) is 14.4 Å². The third-order valence-corrected chi connectivity index (χ3v) is 2.78. The molecule has 0 atom stereocenters. The highest BCUT2D eigenvalue weighted by Gasteiger charge is 2.06. The van der Waals surface area contributed by atoms with Crippen molar-refractivity contribution in [2.24, 2.45) is 0 Å². The SMILES string of the molecule is CC(=O)Nc1ccc(NC(=O)Cn2nc(C)ccc2=O)cc1.